The molecular formula is C27H36N4O4. The second-order valence-electron chi connectivity index (χ2n) is 9.14. The molecule has 0 saturated heterocycles. The van der Waals surface area contributed by atoms with Crippen molar-refractivity contribution in [2.45, 2.75) is 59.2 Å². The highest BCUT2D eigenvalue weighted by molar-refractivity contribution is 5.91. The van der Waals surface area contributed by atoms with Gasteiger partial charge < -0.3 is 15.4 Å². The second kappa shape index (κ2) is 14.6. The van der Waals surface area contributed by atoms with E-state index in [2.05, 4.69) is 21.2 Å². The normalized spacial score (nSPS) is 12.9. The number of benzene rings is 2. The standard InChI is InChI=1S/C27H36N4O4/c1-19(2)15-23(30-27(34)35-18-22-13-9-6-10-14-22)25(32)29-24(16-21-11-7-5-8-12-21)26(33)31-28-17-20(3)4/h5-14,17,19-20,23-24H,15-16,18H2,1-4H3,(H,29,32)(H,30,34)(H,31,33)/b28-17+/t23-,24-/m0/s1. The number of hydrazone groups is 1. The highest BCUT2D eigenvalue weighted by atomic mass is 16.5. The Bertz CT molecular complexity index is 962. The molecule has 0 bridgehead atoms. The summed E-state index contributed by atoms with van der Waals surface area (Å²) in [5.74, 6) is -0.607. The SMILES string of the molecule is CC(C)/C=N/NC(=O)[C@H](Cc1ccccc1)NC(=O)[C@H](CC(C)C)NC(=O)OCc1ccccc1. The molecule has 2 atom stereocenters. The maximum absolute atomic E-state index is 13.2. The average molecular weight is 481 g/mol. The first-order valence-corrected chi connectivity index (χ1v) is 11.9. The number of amides is 3. The summed E-state index contributed by atoms with van der Waals surface area (Å²) in [7, 11) is 0. The number of hydrogen-bond donors (Lipinski definition) is 3. The van der Waals surface area contributed by atoms with Crippen LogP contribution in [0.2, 0.25) is 0 Å². The molecule has 0 saturated carbocycles. The van der Waals surface area contributed by atoms with E-state index in [1.165, 1.54) is 0 Å². The van der Waals surface area contributed by atoms with Crippen LogP contribution in [0.5, 0.6) is 0 Å². The molecule has 8 nitrogen and oxygen atoms in total. The fraction of sp³-hybridized carbons (Fsp3) is 0.407. The summed E-state index contributed by atoms with van der Waals surface area (Å²) in [5, 5.41) is 9.41. The molecule has 0 heterocycles. The van der Waals surface area contributed by atoms with Gasteiger partial charge in [-0.2, -0.15) is 5.10 Å². The van der Waals surface area contributed by atoms with Gasteiger partial charge in [-0.25, -0.2) is 10.2 Å². The van der Waals surface area contributed by atoms with Crippen molar-refractivity contribution in [2.24, 2.45) is 16.9 Å². The molecule has 0 spiro atoms. The molecule has 0 fully saturated rings. The van der Waals surface area contributed by atoms with Gasteiger partial charge in [0.25, 0.3) is 5.91 Å². The molecule has 188 valence electrons. The lowest BCUT2D eigenvalue weighted by molar-refractivity contribution is -0.130. The Morgan fingerprint density at radius 3 is 2.00 bits per heavy atom. The largest absolute Gasteiger partial charge is 0.445 e. The molecule has 2 rings (SSSR count). The maximum Gasteiger partial charge on any atom is 0.408 e. The summed E-state index contributed by atoms with van der Waals surface area (Å²) in [5.41, 5.74) is 4.23. The van der Waals surface area contributed by atoms with Crippen LogP contribution in [0.15, 0.2) is 65.8 Å². The summed E-state index contributed by atoms with van der Waals surface area (Å²) < 4.78 is 5.29. The number of hydrogen-bond acceptors (Lipinski definition) is 5. The van der Waals surface area contributed by atoms with Crippen LogP contribution >= 0.6 is 0 Å². The Morgan fingerprint density at radius 1 is 0.829 bits per heavy atom. The van der Waals surface area contributed by atoms with E-state index in [1.54, 1.807) is 6.21 Å². The first-order valence-electron chi connectivity index (χ1n) is 11.9. The highest BCUT2D eigenvalue weighted by Crippen LogP contribution is 2.09. The lowest BCUT2D eigenvalue weighted by Gasteiger charge is -2.23. The predicted molar refractivity (Wildman–Crippen MR) is 137 cm³/mol. The van der Waals surface area contributed by atoms with Crippen molar-refractivity contribution in [1.29, 1.82) is 0 Å². The van der Waals surface area contributed by atoms with E-state index in [1.807, 2.05) is 88.4 Å². The van der Waals surface area contributed by atoms with Crippen molar-refractivity contribution >= 4 is 24.1 Å². The van der Waals surface area contributed by atoms with Crippen LogP contribution in [-0.4, -0.2) is 36.2 Å². The van der Waals surface area contributed by atoms with Gasteiger partial charge in [0.15, 0.2) is 0 Å². The monoisotopic (exact) mass is 480 g/mol. The van der Waals surface area contributed by atoms with Gasteiger partial charge in [-0.15, -0.1) is 0 Å². The summed E-state index contributed by atoms with van der Waals surface area (Å²) in [4.78, 5) is 38.4. The fourth-order valence-electron chi connectivity index (χ4n) is 3.27. The van der Waals surface area contributed by atoms with Gasteiger partial charge in [0, 0.05) is 12.6 Å². The minimum atomic E-state index is -0.869. The smallest absolute Gasteiger partial charge is 0.408 e. The molecular weight excluding hydrogens is 444 g/mol. The van der Waals surface area contributed by atoms with Crippen molar-refractivity contribution in [3.05, 3.63) is 71.8 Å². The van der Waals surface area contributed by atoms with Crippen LogP contribution in [0.25, 0.3) is 0 Å². The number of rotatable bonds is 12. The molecule has 2 aromatic rings. The van der Waals surface area contributed by atoms with Gasteiger partial charge in [-0.1, -0.05) is 88.4 Å². The summed E-state index contributed by atoms with van der Waals surface area (Å²) in [6.07, 6.45) is 1.59. The maximum atomic E-state index is 13.2. The third-order valence-corrected chi connectivity index (χ3v) is 4.99. The van der Waals surface area contributed by atoms with Crippen molar-refractivity contribution in [3.8, 4) is 0 Å². The molecule has 35 heavy (non-hydrogen) atoms. The van der Waals surface area contributed by atoms with Crippen molar-refractivity contribution in [1.82, 2.24) is 16.1 Å². The first-order chi connectivity index (χ1) is 16.7. The van der Waals surface area contributed by atoms with E-state index in [-0.39, 0.29) is 24.9 Å². The molecule has 8 heteroatoms. The van der Waals surface area contributed by atoms with Crippen molar-refractivity contribution in [2.75, 3.05) is 0 Å². The average Bonchev–Trinajstić information content (AvgIpc) is 2.82. The molecule has 0 aliphatic rings. The minimum Gasteiger partial charge on any atom is -0.445 e. The minimum absolute atomic E-state index is 0.0928. The second-order valence-corrected chi connectivity index (χ2v) is 9.14. The topological polar surface area (TPSA) is 109 Å². The molecule has 0 aromatic heterocycles. The summed E-state index contributed by atoms with van der Waals surface area (Å²) in [6.45, 7) is 7.88. The fourth-order valence-corrected chi connectivity index (χ4v) is 3.27. The van der Waals surface area contributed by atoms with Gasteiger partial charge in [0.1, 0.15) is 18.7 Å². The lowest BCUT2D eigenvalue weighted by Crippen LogP contribution is -2.54. The van der Waals surface area contributed by atoms with Gasteiger partial charge in [0.2, 0.25) is 5.91 Å². The molecule has 0 radical (unpaired) electrons. The van der Waals surface area contributed by atoms with Gasteiger partial charge in [-0.05, 0) is 29.4 Å². The van der Waals surface area contributed by atoms with Gasteiger partial charge in [-0.3, -0.25) is 9.59 Å². The van der Waals surface area contributed by atoms with E-state index >= 15 is 0 Å². The number of alkyl carbamates (subject to hydrolysis) is 1. The van der Waals surface area contributed by atoms with Crippen LogP contribution in [0.1, 0.15) is 45.2 Å². The van der Waals surface area contributed by atoms with Crippen LogP contribution in [0, 0.1) is 11.8 Å². The van der Waals surface area contributed by atoms with Gasteiger partial charge >= 0.3 is 6.09 Å². The summed E-state index contributed by atoms with van der Waals surface area (Å²) in [6, 6.07) is 16.9. The first kappa shape index (κ1) is 27.6. The van der Waals surface area contributed by atoms with E-state index in [0.717, 1.165) is 11.1 Å². The Hall–Kier alpha value is -3.68. The molecule has 0 unspecified atom stereocenters. The van der Waals surface area contributed by atoms with Gasteiger partial charge in [0.05, 0.1) is 0 Å². The molecule has 3 N–H and O–H groups in total. The Morgan fingerprint density at radius 2 is 1.43 bits per heavy atom. The summed E-state index contributed by atoms with van der Waals surface area (Å²) >= 11 is 0. The van der Waals surface area contributed by atoms with E-state index in [4.69, 9.17) is 4.74 Å². The Labute approximate surface area is 207 Å². The Kier molecular flexibility index (Phi) is 11.5. The number of nitrogens with one attached hydrogen (secondary N) is 3. The van der Waals surface area contributed by atoms with Crippen LogP contribution in [0.4, 0.5) is 4.79 Å². The number of nitrogens with zero attached hydrogens (tertiary/aromatic N) is 1. The zero-order chi connectivity index (χ0) is 25.6. The zero-order valence-electron chi connectivity index (χ0n) is 20.9. The molecule has 3 amide bonds. The quantitative estimate of drug-likeness (QED) is 0.317. The highest BCUT2D eigenvalue weighted by Gasteiger charge is 2.28. The van der Waals surface area contributed by atoms with E-state index in [0.29, 0.717) is 6.42 Å². The third-order valence-electron chi connectivity index (χ3n) is 4.99. The van der Waals surface area contributed by atoms with Crippen LogP contribution in [0.3, 0.4) is 0 Å². The van der Waals surface area contributed by atoms with Crippen LogP contribution in [-0.2, 0) is 27.4 Å². The Balaban J connectivity index is 2.08. The molecule has 0 aliphatic heterocycles. The molecule has 2 aromatic carbocycles. The molecule has 0 aliphatic carbocycles. The van der Waals surface area contributed by atoms with E-state index in [9.17, 15) is 14.4 Å². The van der Waals surface area contributed by atoms with Crippen molar-refractivity contribution in [3.63, 3.8) is 0 Å². The third kappa shape index (κ3) is 10.9. The van der Waals surface area contributed by atoms with Crippen LogP contribution < -0.4 is 16.1 Å². The number of carbonyl (C=O) groups is 3. The lowest BCUT2D eigenvalue weighted by atomic mass is 10.0. The number of carbonyl (C=O) groups excluding carboxylic acids is 3. The zero-order valence-corrected chi connectivity index (χ0v) is 20.9. The number of ether oxygens (including phenoxy) is 1. The predicted octanol–water partition coefficient (Wildman–Crippen LogP) is 3.81. The van der Waals surface area contributed by atoms with Crippen molar-refractivity contribution < 1.29 is 19.1 Å². The van der Waals surface area contributed by atoms with E-state index < -0.39 is 30.0 Å².